The van der Waals surface area contributed by atoms with Crippen LogP contribution in [0.4, 0.5) is 0 Å². The SMILES string of the molecule is CCCCC1CC(NC(C)=O)CN(CCO)C1. The van der Waals surface area contributed by atoms with Crippen LogP contribution >= 0.6 is 0 Å². The first kappa shape index (κ1) is 14.5. The van der Waals surface area contributed by atoms with Gasteiger partial charge in [0.1, 0.15) is 0 Å². The first-order valence-electron chi connectivity index (χ1n) is 6.76. The number of likely N-dealkylation sites (tertiary alicyclic amines) is 1. The number of β-amino-alcohol motifs (C(OH)–C–C–N with tert-alkyl or cyclic N) is 1. The van der Waals surface area contributed by atoms with Crippen molar-refractivity contribution in [3.8, 4) is 0 Å². The molecule has 2 unspecified atom stereocenters. The molecular formula is C13H26N2O2. The average molecular weight is 242 g/mol. The second kappa shape index (κ2) is 7.67. The fraction of sp³-hybridized carbons (Fsp3) is 0.923. The molecule has 0 saturated carbocycles. The highest BCUT2D eigenvalue weighted by molar-refractivity contribution is 5.73. The molecule has 17 heavy (non-hydrogen) atoms. The van der Waals surface area contributed by atoms with Crippen LogP contribution < -0.4 is 5.32 Å². The molecule has 0 radical (unpaired) electrons. The summed E-state index contributed by atoms with van der Waals surface area (Å²) in [5.74, 6) is 0.710. The lowest BCUT2D eigenvalue weighted by Gasteiger charge is -2.37. The zero-order chi connectivity index (χ0) is 12.7. The quantitative estimate of drug-likeness (QED) is 0.730. The Morgan fingerprint density at radius 1 is 1.47 bits per heavy atom. The van der Waals surface area contributed by atoms with Crippen LogP contribution in [-0.4, -0.2) is 48.2 Å². The van der Waals surface area contributed by atoms with Gasteiger partial charge in [0.15, 0.2) is 0 Å². The molecule has 0 aromatic rings. The summed E-state index contributed by atoms with van der Waals surface area (Å²) < 4.78 is 0. The van der Waals surface area contributed by atoms with E-state index < -0.39 is 0 Å². The molecule has 1 fully saturated rings. The number of nitrogens with zero attached hydrogens (tertiary/aromatic N) is 1. The van der Waals surface area contributed by atoms with Gasteiger partial charge in [0.2, 0.25) is 5.91 Å². The molecule has 0 spiro atoms. The zero-order valence-electron chi connectivity index (χ0n) is 11.1. The van der Waals surface area contributed by atoms with Crippen molar-refractivity contribution in [1.82, 2.24) is 10.2 Å². The van der Waals surface area contributed by atoms with E-state index in [-0.39, 0.29) is 18.6 Å². The third-order valence-corrected chi connectivity index (χ3v) is 3.40. The topological polar surface area (TPSA) is 52.6 Å². The van der Waals surface area contributed by atoms with Gasteiger partial charge in [0.25, 0.3) is 0 Å². The Morgan fingerprint density at radius 3 is 2.82 bits per heavy atom. The van der Waals surface area contributed by atoms with E-state index in [4.69, 9.17) is 5.11 Å². The third-order valence-electron chi connectivity index (χ3n) is 3.40. The van der Waals surface area contributed by atoms with Crippen molar-refractivity contribution in [1.29, 1.82) is 0 Å². The van der Waals surface area contributed by atoms with E-state index >= 15 is 0 Å². The Bertz CT molecular complexity index is 233. The van der Waals surface area contributed by atoms with Crippen LogP contribution in [0.15, 0.2) is 0 Å². The molecule has 1 aliphatic rings. The Balaban J connectivity index is 2.46. The van der Waals surface area contributed by atoms with E-state index in [1.54, 1.807) is 6.92 Å². The van der Waals surface area contributed by atoms with Crippen molar-refractivity contribution < 1.29 is 9.90 Å². The van der Waals surface area contributed by atoms with Crippen molar-refractivity contribution in [2.45, 2.75) is 45.6 Å². The van der Waals surface area contributed by atoms with Crippen LogP contribution in [-0.2, 0) is 4.79 Å². The Morgan fingerprint density at radius 2 is 2.24 bits per heavy atom. The summed E-state index contributed by atoms with van der Waals surface area (Å²) >= 11 is 0. The van der Waals surface area contributed by atoms with Gasteiger partial charge in [0, 0.05) is 32.6 Å². The largest absolute Gasteiger partial charge is 0.395 e. The maximum absolute atomic E-state index is 11.1. The average Bonchev–Trinajstić information content (AvgIpc) is 2.25. The molecule has 0 bridgehead atoms. The van der Waals surface area contributed by atoms with Gasteiger partial charge in [-0.1, -0.05) is 19.8 Å². The van der Waals surface area contributed by atoms with Crippen LogP contribution in [0.1, 0.15) is 39.5 Å². The van der Waals surface area contributed by atoms with E-state index in [9.17, 15) is 4.79 Å². The number of carbonyl (C=O) groups is 1. The van der Waals surface area contributed by atoms with Gasteiger partial charge in [-0.15, -0.1) is 0 Å². The van der Waals surface area contributed by atoms with Gasteiger partial charge in [-0.25, -0.2) is 0 Å². The summed E-state index contributed by atoms with van der Waals surface area (Å²) in [6.07, 6.45) is 4.79. The second-order valence-electron chi connectivity index (χ2n) is 5.12. The Kier molecular flexibility index (Phi) is 6.52. The summed E-state index contributed by atoms with van der Waals surface area (Å²) in [5, 5.41) is 12.0. The summed E-state index contributed by atoms with van der Waals surface area (Å²) in [5.41, 5.74) is 0. The summed E-state index contributed by atoms with van der Waals surface area (Å²) in [7, 11) is 0. The highest BCUT2D eigenvalue weighted by Crippen LogP contribution is 2.21. The monoisotopic (exact) mass is 242 g/mol. The van der Waals surface area contributed by atoms with Crippen molar-refractivity contribution >= 4 is 5.91 Å². The van der Waals surface area contributed by atoms with E-state index in [2.05, 4.69) is 17.1 Å². The van der Waals surface area contributed by atoms with Crippen molar-refractivity contribution in [2.75, 3.05) is 26.2 Å². The Hall–Kier alpha value is -0.610. The Labute approximate surface area is 104 Å². The number of carbonyl (C=O) groups excluding carboxylic acids is 1. The van der Waals surface area contributed by atoms with E-state index in [0.29, 0.717) is 5.92 Å². The third kappa shape index (κ3) is 5.50. The predicted molar refractivity (Wildman–Crippen MR) is 68.8 cm³/mol. The first-order chi connectivity index (χ1) is 8.15. The molecule has 1 saturated heterocycles. The number of unbranched alkanes of at least 4 members (excludes halogenated alkanes) is 1. The lowest BCUT2D eigenvalue weighted by molar-refractivity contribution is -0.120. The molecule has 0 aromatic heterocycles. The highest BCUT2D eigenvalue weighted by Gasteiger charge is 2.26. The number of hydrogen-bond acceptors (Lipinski definition) is 3. The number of piperidine rings is 1. The van der Waals surface area contributed by atoms with Crippen LogP contribution in [0.5, 0.6) is 0 Å². The van der Waals surface area contributed by atoms with E-state index in [1.165, 1.54) is 19.3 Å². The van der Waals surface area contributed by atoms with Crippen LogP contribution in [0, 0.1) is 5.92 Å². The minimum atomic E-state index is 0.0510. The number of hydrogen-bond donors (Lipinski definition) is 2. The van der Waals surface area contributed by atoms with Gasteiger partial charge >= 0.3 is 0 Å². The van der Waals surface area contributed by atoms with Gasteiger partial charge in [-0.3, -0.25) is 9.69 Å². The fourth-order valence-corrected chi connectivity index (χ4v) is 2.72. The number of aliphatic hydroxyl groups is 1. The summed E-state index contributed by atoms with van der Waals surface area (Å²) in [4.78, 5) is 13.4. The molecule has 0 aliphatic carbocycles. The highest BCUT2D eigenvalue weighted by atomic mass is 16.3. The molecule has 100 valence electrons. The standard InChI is InChI=1S/C13H26N2O2/c1-3-4-5-12-8-13(14-11(2)17)10-15(9-12)6-7-16/h12-13,16H,3-10H2,1-2H3,(H,14,17). The van der Waals surface area contributed by atoms with E-state index in [1.807, 2.05) is 0 Å². The van der Waals surface area contributed by atoms with Crippen LogP contribution in [0.3, 0.4) is 0 Å². The minimum Gasteiger partial charge on any atom is -0.395 e. The zero-order valence-corrected chi connectivity index (χ0v) is 11.1. The number of aliphatic hydroxyl groups excluding tert-OH is 1. The minimum absolute atomic E-state index is 0.0510. The maximum Gasteiger partial charge on any atom is 0.217 e. The van der Waals surface area contributed by atoms with Crippen LogP contribution in [0.2, 0.25) is 0 Å². The maximum atomic E-state index is 11.1. The fourth-order valence-electron chi connectivity index (χ4n) is 2.72. The van der Waals surface area contributed by atoms with Gasteiger partial charge in [-0.05, 0) is 18.8 Å². The van der Waals surface area contributed by atoms with Gasteiger partial charge in [-0.2, -0.15) is 0 Å². The normalized spacial score (nSPS) is 25.8. The number of rotatable bonds is 6. The molecule has 1 heterocycles. The molecule has 0 aromatic carbocycles. The smallest absolute Gasteiger partial charge is 0.217 e. The van der Waals surface area contributed by atoms with E-state index in [0.717, 1.165) is 26.1 Å². The molecule has 1 aliphatic heterocycles. The lowest BCUT2D eigenvalue weighted by Crippen LogP contribution is -2.51. The molecule has 4 heteroatoms. The molecule has 1 rings (SSSR count). The van der Waals surface area contributed by atoms with Gasteiger partial charge in [0.05, 0.1) is 6.61 Å². The summed E-state index contributed by atoms with van der Waals surface area (Å²) in [6.45, 7) is 6.65. The summed E-state index contributed by atoms with van der Waals surface area (Å²) in [6, 6.07) is 0.259. The first-order valence-corrected chi connectivity index (χ1v) is 6.76. The molecule has 1 amide bonds. The molecular weight excluding hydrogens is 216 g/mol. The van der Waals surface area contributed by atoms with Crippen molar-refractivity contribution in [3.63, 3.8) is 0 Å². The number of nitrogens with one attached hydrogen (secondary N) is 1. The molecule has 2 N–H and O–H groups in total. The predicted octanol–water partition coefficient (Wildman–Crippen LogP) is 0.995. The molecule has 2 atom stereocenters. The molecule has 4 nitrogen and oxygen atoms in total. The second-order valence-corrected chi connectivity index (χ2v) is 5.12. The van der Waals surface area contributed by atoms with Gasteiger partial charge < -0.3 is 10.4 Å². The van der Waals surface area contributed by atoms with Crippen molar-refractivity contribution in [3.05, 3.63) is 0 Å². The lowest BCUT2D eigenvalue weighted by atomic mass is 9.90. The van der Waals surface area contributed by atoms with Crippen molar-refractivity contribution in [2.24, 2.45) is 5.92 Å². The number of amides is 1. The van der Waals surface area contributed by atoms with Crippen LogP contribution in [0.25, 0.3) is 0 Å².